The largest absolute Gasteiger partial charge is 0.363 e. The van der Waals surface area contributed by atoms with Crippen molar-refractivity contribution in [3.05, 3.63) is 89.5 Å². The number of sulfone groups is 1. The second-order valence-corrected chi connectivity index (χ2v) is 9.99. The third-order valence-electron chi connectivity index (χ3n) is 5.76. The summed E-state index contributed by atoms with van der Waals surface area (Å²) >= 11 is 0. The van der Waals surface area contributed by atoms with E-state index >= 15 is 0 Å². The number of rotatable bonds is 5. The lowest BCUT2D eigenvalue weighted by molar-refractivity contribution is 0.592. The smallest absolute Gasteiger partial charge is 0.229 e. The summed E-state index contributed by atoms with van der Waals surface area (Å²) in [7, 11) is -3.93. The third-order valence-corrected chi connectivity index (χ3v) is 7.55. The monoisotopic (exact) mass is 457 g/mol. The van der Waals surface area contributed by atoms with Gasteiger partial charge < -0.3 is 5.32 Å². The van der Waals surface area contributed by atoms with E-state index in [1.54, 1.807) is 19.1 Å². The van der Waals surface area contributed by atoms with Crippen LogP contribution in [0.5, 0.6) is 0 Å². The number of para-hydroxylation sites is 1. The Morgan fingerprint density at radius 2 is 1.67 bits per heavy atom. The molecule has 7 nitrogen and oxygen atoms in total. The molecule has 3 aromatic carbocycles. The van der Waals surface area contributed by atoms with Gasteiger partial charge >= 0.3 is 0 Å². The molecule has 2 aromatic heterocycles. The fourth-order valence-corrected chi connectivity index (χ4v) is 5.52. The Labute approximate surface area is 192 Å². The summed E-state index contributed by atoms with van der Waals surface area (Å²) in [6, 6.07) is 22.9. The number of anilines is 1. The van der Waals surface area contributed by atoms with Gasteiger partial charge in [-0.3, -0.25) is 0 Å². The molecule has 0 spiro atoms. The summed E-state index contributed by atoms with van der Waals surface area (Å²) in [5, 5.41) is 12.4. The molecule has 0 aliphatic rings. The van der Waals surface area contributed by atoms with Gasteiger partial charge in [-0.2, -0.15) is 4.52 Å². The summed E-state index contributed by atoms with van der Waals surface area (Å²) in [5.41, 5.74) is 3.52. The Kier molecular flexibility index (Phi) is 5.09. The standard InChI is InChI=1S/C25H23N5O2S/c1-16-13-14-17(2)22(15-16)33(31,32)25-24-27-23(26-18(3)19-9-5-4-6-10-19)20-11-7-8-12-21(20)30(24)29-28-25/h4-15,18H,1-3H3,(H,26,27)/t18-/m0/s1. The molecular formula is C25H23N5O2S. The van der Waals surface area contributed by atoms with Crippen LogP contribution >= 0.6 is 0 Å². The summed E-state index contributed by atoms with van der Waals surface area (Å²) in [4.78, 5) is 4.94. The van der Waals surface area contributed by atoms with Gasteiger partial charge in [-0.25, -0.2) is 13.4 Å². The number of hydrogen-bond acceptors (Lipinski definition) is 6. The van der Waals surface area contributed by atoms with E-state index in [0.29, 0.717) is 11.4 Å². The van der Waals surface area contributed by atoms with Crippen molar-refractivity contribution in [2.75, 3.05) is 5.32 Å². The van der Waals surface area contributed by atoms with Gasteiger partial charge in [0.05, 0.1) is 10.4 Å². The van der Waals surface area contributed by atoms with Gasteiger partial charge in [-0.15, -0.1) is 5.10 Å². The molecule has 0 saturated carbocycles. The number of nitrogens with one attached hydrogen (secondary N) is 1. The molecule has 5 aromatic rings. The molecule has 0 saturated heterocycles. The topological polar surface area (TPSA) is 89.2 Å². The van der Waals surface area contributed by atoms with Crippen molar-refractivity contribution in [3.63, 3.8) is 0 Å². The quantitative estimate of drug-likeness (QED) is 0.404. The minimum absolute atomic E-state index is 0.0421. The maximum atomic E-state index is 13.6. The molecule has 166 valence electrons. The Balaban J connectivity index is 1.71. The van der Waals surface area contributed by atoms with E-state index < -0.39 is 9.84 Å². The van der Waals surface area contributed by atoms with Gasteiger partial charge in [-0.05, 0) is 55.7 Å². The first-order valence-electron chi connectivity index (χ1n) is 10.6. The molecule has 0 amide bonds. The summed E-state index contributed by atoms with van der Waals surface area (Å²) < 4.78 is 28.7. The predicted octanol–water partition coefficient (Wildman–Crippen LogP) is 4.90. The van der Waals surface area contributed by atoms with Crippen LogP contribution in [0.3, 0.4) is 0 Å². The van der Waals surface area contributed by atoms with Crippen molar-refractivity contribution in [2.24, 2.45) is 0 Å². The minimum atomic E-state index is -3.93. The molecule has 8 heteroatoms. The first-order valence-corrected chi connectivity index (χ1v) is 12.1. The Morgan fingerprint density at radius 3 is 2.45 bits per heavy atom. The minimum Gasteiger partial charge on any atom is -0.363 e. The second-order valence-electron chi connectivity index (χ2n) is 8.16. The van der Waals surface area contributed by atoms with Crippen LogP contribution < -0.4 is 5.32 Å². The lowest BCUT2D eigenvalue weighted by atomic mass is 10.1. The molecule has 0 radical (unpaired) electrons. The van der Waals surface area contributed by atoms with Crippen LogP contribution in [-0.2, 0) is 9.84 Å². The summed E-state index contributed by atoms with van der Waals surface area (Å²) in [6.07, 6.45) is 0. The second kappa shape index (κ2) is 7.97. The fourth-order valence-electron chi connectivity index (χ4n) is 3.96. The number of aryl methyl sites for hydroxylation is 2. The molecule has 1 atom stereocenters. The molecule has 0 bridgehead atoms. The zero-order valence-electron chi connectivity index (χ0n) is 18.5. The average Bonchev–Trinajstić information content (AvgIpc) is 3.26. The molecule has 33 heavy (non-hydrogen) atoms. The van der Waals surface area contributed by atoms with Crippen molar-refractivity contribution < 1.29 is 8.42 Å². The van der Waals surface area contributed by atoms with E-state index in [0.717, 1.165) is 22.0 Å². The predicted molar refractivity (Wildman–Crippen MR) is 128 cm³/mol. The highest BCUT2D eigenvalue weighted by Crippen LogP contribution is 2.31. The van der Waals surface area contributed by atoms with Gasteiger partial charge in [0.1, 0.15) is 5.82 Å². The Hall–Kier alpha value is -3.78. The van der Waals surface area contributed by atoms with Crippen LogP contribution in [0.2, 0.25) is 0 Å². The molecule has 5 rings (SSSR count). The van der Waals surface area contributed by atoms with Gasteiger partial charge in [-0.1, -0.05) is 59.8 Å². The van der Waals surface area contributed by atoms with Gasteiger partial charge in [0.15, 0.2) is 5.65 Å². The SMILES string of the molecule is Cc1ccc(C)c(S(=O)(=O)c2nnn3c2nc(N[C@@H](C)c2ccccc2)c2ccccc23)c1. The Morgan fingerprint density at radius 1 is 0.939 bits per heavy atom. The van der Waals surface area contributed by atoms with E-state index in [2.05, 4.69) is 15.6 Å². The average molecular weight is 458 g/mol. The van der Waals surface area contributed by atoms with E-state index in [1.807, 2.05) is 74.5 Å². The first kappa shape index (κ1) is 21.1. The molecular weight excluding hydrogens is 434 g/mol. The maximum absolute atomic E-state index is 13.6. The number of nitrogens with zero attached hydrogens (tertiary/aromatic N) is 4. The lowest BCUT2D eigenvalue weighted by Crippen LogP contribution is -2.11. The van der Waals surface area contributed by atoms with E-state index in [9.17, 15) is 8.42 Å². The summed E-state index contributed by atoms with van der Waals surface area (Å²) in [5.74, 6) is 0.578. The zero-order chi connectivity index (χ0) is 23.2. The lowest BCUT2D eigenvalue weighted by Gasteiger charge is -2.17. The zero-order valence-corrected chi connectivity index (χ0v) is 19.3. The van der Waals surface area contributed by atoms with Crippen molar-refractivity contribution in [1.82, 2.24) is 19.8 Å². The number of fused-ring (bicyclic) bond motifs is 3. The van der Waals surface area contributed by atoms with Crippen molar-refractivity contribution in [1.29, 1.82) is 0 Å². The summed E-state index contributed by atoms with van der Waals surface area (Å²) in [6.45, 7) is 5.68. The van der Waals surface area contributed by atoms with Crippen LogP contribution in [0.1, 0.15) is 29.7 Å². The first-order chi connectivity index (χ1) is 15.9. The number of aromatic nitrogens is 4. The van der Waals surface area contributed by atoms with Crippen LogP contribution in [0.4, 0.5) is 5.82 Å². The number of benzene rings is 3. The normalized spacial score (nSPS) is 12.8. The van der Waals surface area contributed by atoms with E-state index in [-0.39, 0.29) is 21.6 Å². The molecule has 0 aliphatic heterocycles. The van der Waals surface area contributed by atoms with E-state index in [1.165, 1.54) is 4.52 Å². The Bertz CT molecular complexity index is 1590. The van der Waals surface area contributed by atoms with Crippen molar-refractivity contribution >= 4 is 32.2 Å². The molecule has 2 heterocycles. The van der Waals surface area contributed by atoms with Crippen LogP contribution in [0.25, 0.3) is 16.6 Å². The van der Waals surface area contributed by atoms with Crippen LogP contribution in [0.15, 0.2) is 82.7 Å². The molecule has 0 unspecified atom stereocenters. The molecule has 0 fully saturated rings. The van der Waals surface area contributed by atoms with Crippen LogP contribution in [0, 0.1) is 13.8 Å². The number of hydrogen-bond donors (Lipinski definition) is 1. The third kappa shape index (κ3) is 3.62. The van der Waals surface area contributed by atoms with Crippen molar-refractivity contribution in [3.8, 4) is 0 Å². The highest BCUT2D eigenvalue weighted by atomic mass is 32.2. The molecule has 1 N–H and O–H groups in total. The highest BCUT2D eigenvalue weighted by Gasteiger charge is 2.28. The van der Waals surface area contributed by atoms with E-state index in [4.69, 9.17) is 4.98 Å². The van der Waals surface area contributed by atoms with Gasteiger partial charge in [0.25, 0.3) is 0 Å². The van der Waals surface area contributed by atoms with Crippen LogP contribution in [-0.4, -0.2) is 28.2 Å². The fraction of sp³-hybridized carbons (Fsp3) is 0.160. The maximum Gasteiger partial charge on any atom is 0.229 e. The van der Waals surface area contributed by atoms with Crippen molar-refractivity contribution in [2.45, 2.75) is 36.7 Å². The molecule has 0 aliphatic carbocycles. The van der Waals surface area contributed by atoms with Gasteiger partial charge in [0.2, 0.25) is 14.9 Å². The highest BCUT2D eigenvalue weighted by molar-refractivity contribution is 7.91. The van der Waals surface area contributed by atoms with Gasteiger partial charge in [0, 0.05) is 11.4 Å².